The molecular weight excluding hydrogens is 300 g/mol. The van der Waals surface area contributed by atoms with Crippen molar-refractivity contribution in [2.24, 2.45) is 0 Å². The van der Waals surface area contributed by atoms with Crippen molar-refractivity contribution in [3.8, 4) is 0 Å². The first-order valence-electron chi connectivity index (χ1n) is 6.89. The fourth-order valence-electron chi connectivity index (χ4n) is 1.94. The van der Waals surface area contributed by atoms with Crippen molar-refractivity contribution in [3.63, 3.8) is 0 Å². The fourth-order valence-corrected chi connectivity index (χ4v) is 3.02. The molecule has 6 nitrogen and oxygen atoms in total. The molecule has 118 valence electrons. The summed E-state index contributed by atoms with van der Waals surface area (Å²) in [5.41, 5.74) is 1.55. The van der Waals surface area contributed by atoms with Gasteiger partial charge >= 0.3 is 0 Å². The number of hydrogen-bond donors (Lipinski definition) is 1. The standard InChI is InChI=1S/C15H20N4O2S/c1-12-9-15(19(2)3)18-14(17-12)10-16-22(20,21)11-13-7-5-4-6-8-13/h4-9,16H,10-11H2,1-3H3. The molecule has 1 aromatic heterocycles. The van der Waals surface area contributed by atoms with E-state index in [1.165, 1.54) is 0 Å². The topological polar surface area (TPSA) is 75.2 Å². The van der Waals surface area contributed by atoms with Crippen LogP contribution in [0.4, 0.5) is 5.82 Å². The van der Waals surface area contributed by atoms with Gasteiger partial charge in [-0.3, -0.25) is 0 Å². The van der Waals surface area contributed by atoms with E-state index in [4.69, 9.17) is 0 Å². The van der Waals surface area contributed by atoms with Gasteiger partial charge in [-0.05, 0) is 12.5 Å². The van der Waals surface area contributed by atoms with Crippen molar-refractivity contribution >= 4 is 15.8 Å². The normalized spacial score (nSPS) is 11.4. The average Bonchev–Trinajstić information content (AvgIpc) is 2.45. The minimum absolute atomic E-state index is 0.0554. The van der Waals surface area contributed by atoms with Crippen LogP contribution in [0.5, 0.6) is 0 Å². The summed E-state index contributed by atoms with van der Waals surface area (Å²) in [6.45, 7) is 1.94. The molecule has 7 heteroatoms. The first-order chi connectivity index (χ1) is 10.4. The van der Waals surface area contributed by atoms with Crippen LogP contribution in [0.15, 0.2) is 36.4 Å². The summed E-state index contributed by atoms with van der Waals surface area (Å²) in [4.78, 5) is 10.5. The van der Waals surface area contributed by atoms with Gasteiger partial charge in [0, 0.05) is 25.9 Å². The Kier molecular flexibility index (Phi) is 5.10. The Balaban J connectivity index is 2.06. The summed E-state index contributed by atoms with van der Waals surface area (Å²) >= 11 is 0. The molecule has 0 radical (unpaired) electrons. The van der Waals surface area contributed by atoms with Crippen molar-refractivity contribution in [1.82, 2.24) is 14.7 Å². The number of rotatable bonds is 6. The van der Waals surface area contributed by atoms with E-state index in [9.17, 15) is 8.42 Å². The van der Waals surface area contributed by atoms with Crippen molar-refractivity contribution in [2.75, 3.05) is 19.0 Å². The Bertz CT molecular complexity index is 730. The molecule has 0 aliphatic rings. The molecular formula is C15H20N4O2S. The van der Waals surface area contributed by atoms with Crippen molar-refractivity contribution < 1.29 is 8.42 Å². The molecule has 1 N–H and O–H groups in total. The number of nitrogens with one attached hydrogen (secondary N) is 1. The van der Waals surface area contributed by atoms with E-state index in [1.54, 1.807) is 12.1 Å². The highest BCUT2D eigenvalue weighted by Gasteiger charge is 2.13. The number of sulfonamides is 1. The maximum Gasteiger partial charge on any atom is 0.216 e. The third-order valence-corrected chi connectivity index (χ3v) is 4.29. The first kappa shape index (κ1) is 16.4. The highest BCUT2D eigenvalue weighted by Crippen LogP contribution is 2.10. The summed E-state index contributed by atoms with van der Waals surface area (Å²) in [6.07, 6.45) is 0. The van der Waals surface area contributed by atoms with E-state index in [-0.39, 0.29) is 12.3 Å². The van der Waals surface area contributed by atoms with Gasteiger partial charge in [-0.2, -0.15) is 0 Å². The van der Waals surface area contributed by atoms with E-state index in [1.807, 2.05) is 50.2 Å². The van der Waals surface area contributed by atoms with E-state index in [2.05, 4.69) is 14.7 Å². The Labute approximate surface area is 131 Å². The van der Waals surface area contributed by atoms with E-state index < -0.39 is 10.0 Å². The van der Waals surface area contributed by atoms with Crippen LogP contribution < -0.4 is 9.62 Å². The lowest BCUT2D eigenvalue weighted by Gasteiger charge is -2.13. The zero-order valence-electron chi connectivity index (χ0n) is 12.9. The third-order valence-electron chi connectivity index (χ3n) is 2.99. The maximum atomic E-state index is 12.1. The third kappa shape index (κ3) is 4.78. The van der Waals surface area contributed by atoms with Gasteiger partial charge in [0.2, 0.25) is 10.0 Å². The minimum Gasteiger partial charge on any atom is -0.363 e. The molecule has 0 unspecified atom stereocenters. The zero-order valence-corrected chi connectivity index (χ0v) is 13.8. The summed E-state index contributed by atoms with van der Waals surface area (Å²) in [7, 11) is 0.338. The van der Waals surface area contributed by atoms with Gasteiger partial charge < -0.3 is 4.90 Å². The highest BCUT2D eigenvalue weighted by molar-refractivity contribution is 7.88. The van der Waals surface area contributed by atoms with Crippen LogP contribution in [0.25, 0.3) is 0 Å². The maximum absolute atomic E-state index is 12.1. The molecule has 1 heterocycles. The fraction of sp³-hybridized carbons (Fsp3) is 0.333. The molecule has 0 amide bonds. The minimum atomic E-state index is -3.42. The van der Waals surface area contributed by atoms with Crippen LogP contribution in [0, 0.1) is 6.92 Å². The molecule has 0 spiro atoms. The quantitative estimate of drug-likeness (QED) is 0.872. The Morgan fingerprint density at radius 2 is 1.82 bits per heavy atom. The Morgan fingerprint density at radius 3 is 2.45 bits per heavy atom. The number of aryl methyl sites for hydroxylation is 1. The molecule has 2 rings (SSSR count). The molecule has 22 heavy (non-hydrogen) atoms. The number of aromatic nitrogens is 2. The van der Waals surface area contributed by atoms with Gasteiger partial charge in [-0.25, -0.2) is 23.1 Å². The second kappa shape index (κ2) is 6.85. The predicted molar refractivity (Wildman–Crippen MR) is 87.0 cm³/mol. The van der Waals surface area contributed by atoms with Gasteiger partial charge in [-0.1, -0.05) is 30.3 Å². The monoisotopic (exact) mass is 320 g/mol. The van der Waals surface area contributed by atoms with Gasteiger partial charge in [0.15, 0.2) is 0 Å². The largest absolute Gasteiger partial charge is 0.363 e. The molecule has 1 aromatic carbocycles. The van der Waals surface area contributed by atoms with Crippen molar-refractivity contribution in [2.45, 2.75) is 19.2 Å². The zero-order chi connectivity index (χ0) is 16.2. The SMILES string of the molecule is Cc1cc(N(C)C)nc(CNS(=O)(=O)Cc2ccccc2)n1. The number of hydrogen-bond acceptors (Lipinski definition) is 5. The second-order valence-electron chi connectivity index (χ2n) is 5.24. The second-order valence-corrected chi connectivity index (χ2v) is 7.05. The van der Waals surface area contributed by atoms with Crippen LogP contribution in [-0.4, -0.2) is 32.5 Å². The van der Waals surface area contributed by atoms with Crippen LogP contribution in [0.3, 0.4) is 0 Å². The van der Waals surface area contributed by atoms with Gasteiger partial charge in [0.05, 0.1) is 12.3 Å². The van der Waals surface area contributed by atoms with Crippen molar-refractivity contribution in [1.29, 1.82) is 0 Å². The van der Waals surface area contributed by atoms with E-state index >= 15 is 0 Å². The van der Waals surface area contributed by atoms with Crippen molar-refractivity contribution in [3.05, 3.63) is 53.5 Å². The predicted octanol–water partition coefficient (Wildman–Crippen LogP) is 1.47. The Hall–Kier alpha value is -1.99. The number of nitrogens with zero attached hydrogens (tertiary/aromatic N) is 3. The lowest BCUT2D eigenvalue weighted by Crippen LogP contribution is -2.26. The highest BCUT2D eigenvalue weighted by atomic mass is 32.2. The van der Waals surface area contributed by atoms with Gasteiger partial charge in [0.25, 0.3) is 0 Å². The van der Waals surface area contributed by atoms with E-state index in [0.29, 0.717) is 5.82 Å². The average molecular weight is 320 g/mol. The molecule has 0 aliphatic heterocycles. The first-order valence-corrected chi connectivity index (χ1v) is 8.54. The molecule has 0 saturated carbocycles. The van der Waals surface area contributed by atoms with Crippen LogP contribution >= 0.6 is 0 Å². The van der Waals surface area contributed by atoms with Gasteiger partial charge in [0.1, 0.15) is 11.6 Å². The number of anilines is 1. The molecule has 0 atom stereocenters. The Morgan fingerprint density at radius 1 is 1.14 bits per heavy atom. The summed E-state index contributed by atoms with van der Waals surface area (Å²) in [5.74, 6) is 1.16. The smallest absolute Gasteiger partial charge is 0.216 e. The molecule has 0 saturated heterocycles. The van der Waals surface area contributed by atoms with Crippen LogP contribution in [-0.2, 0) is 22.3 Å². The number of benzene rings is 1. The summed E-state index contributed by atoms with van der Waals surface area (Å²) in [5, 5.41) is 0. The molecule has 2 aromatic rings. The lowest BCUT2D eigenvalue weighted by molar-refractivity contribution is 0.578. The van der Waals surface area contributed by atoms with E-state index in [0.717, 1.165) is 17.1 Å². The van der Waals surface area contributed by atoms with Gasteiger partial charge in [-0.15, -0.1) is 0 Å². The summed E-state index contributed by atoms with van der Waals surface area (Å²) in [6, 6.07) is 10.9. The summed E-state index contributed by atoms with van der Waals surface area (Å²) < 4.78 is 26.7. The van der Waals surface area contributed by atoms with Crippen LogP contribution in [0.2, 0.25) is 0 Å². The lowest BCUT2D eigenvalue weighted by atomic mass is 10.2. The molecule has 0 fully saturated rings. The molecule has 0 bridgehead atoms. The van der Waals surface area contributed by atoms with Crippen LogP contribution in [0.1, 0.15) is 17.1 Å². The molecule has 0 aliphatic carbocycles.